The van der Waals surface area contributed by atoms with Crippen LogP contribution in [-0.2, 0) is 16.1 Å². The van der Waals surface area contributed by atoms with Gasteiger partial charge in [-0.15, -0.1) is 5.06 Å². The van der Waals surface area contributed by atoms with Crippen LogP contribution in [0.1, 0.15) is 18.7 Å². The van der Waals surface area contributed by atoms with Crippen molar-refractivity contribution in [2.75, 3.05) is 11.7 Å². The number of benzene rings is 1. The summed E-state index contributed by atoms with van der Waals surface area (Å²) in [5, 5.41) is 40.8. The maximum atomic E-state index is 12.3. The van der Waals surface area contributed by atoms with Crippen LogP contribution in [0.4, 0.5) is 10.6 Å². The Kier molecular flexibility index (Phi) is 5.56. The fourth-order valence-electron chi connectivity index (χ4n) is 3.42. The summed E-state index contributed by atoms with van der Waals surface area (Å²) in [6.07, 6.45) is -2.22. The maximum Gasteiger partial charge on any atom is 0.440 e. The lowest BCUT2D eigenvalue weighted by Crippen LogP contribution is -2.44. The molecule has 0 radical (unpaired) electrons. The number of imidazole rings is 1. The van der Waals surface area contributed by atoms with Gasteiger partial charge in [-0.05, 0) is 12.5 Å². The zero-order chi connectivity index (χ0) is 22.2. The molecule has 3 heterocycles. The topological polar surface area (TPSA) is 163 Å². The van der Waals surface area contributed by atoms with E-state index < -0.39 is 36.7 Å². The summed E-state index contributed by atoms with van der Waals surface area (Å²) < 4.78 is 12.0. The summed E-state index contributed by atoms with van der Waals surface area (Å²) in [6, 6.07) is 8.94. The van der Waals surface area contributed by atoms with Crippen molar-refractivity contribution >= 4 is 23.1 Å². The molecule has 4 rings (SSSR count). The molecule has 31 heavy (non-hydrogen) atoms. The van der Waals surface area contributed by atoms with Gasteiger partial charge in [0.05, 0.1) is 12.9 Å². The molecule has 4 N–H and O–H groups in total. The standard InChI is InChI=1S/C19H21N5O7/c1-19(28)14(26)12(7-25)31-17(19)23-10-22-13-15(23)20-9-21-16(13)24(29)18(27)30-8-11-5-3-2-4-6-11/h2-6,9-10,12,14,17,25-26,28-29H,7-8H2,1H3. The van der Waals surface area contributed by atoms with Crippen LogP contribution in [0.3, 0.4) is 0 Å². The molecule has 12 heteroatoms. The van der Waals surface area contributed by atoms with Gasteiger partial charge in [-0.2, -0.15) is 0 Å². The number of carbonyl (C=O) groups excluding carboxylic acids is 1. The molecule has 1 fully saturated rings. The number of aromatic nitrogens is 4. The number of fused-ring (bicyclic) bond motifs is 1. The quantitative estimate of drug-likeness (QED) is 0.328. The van der Waals surface area contributed by atoms with E-state index >= 15 is 0 Å². The lowest BCUT2D eigenvalue weighted by atomic mass is 9.96. The monoisotopic (exact) mass is 431 g/mol. The number of ether oxygens (including phenoxy) is 2. The molecule has 12 nitrogen and oxygen atoms in total. The zero-order valence-electron chi connectivity index (χ0n) is 16.4. The third-order valence-corrected chi connectivity index (χ3v) is 5.11. The van der Waals surface area contributed by atoms with Gasteiger partial charge in [0, 0.05) is 0 Å². The summed E-state index contributed by atoms with van der Waals surface area (Å²) in [5.74, 6) is -0.237. The highest BCUT2D eigenvalue weighted by Crippen LogP contribution is 2.39. The highest BCUT2D eigenvalue weighted by Gasteiger charge is 2.53. The lowest BCUT2D eigenvalue weighted by Gasteiger charge is -2.27. The molecule has 1 aliphatic rings. The largest absolute Gasteiger partial charge is 0.443 e. The molecule has 1 aliphatic heterocycles. The van der Waals surface area contributed by atoms with Crippen LogP contribution in [0.5, 0.6) is 0 Å². The highest BCUT2D eigenvalue weighted by atomic mass is 16.6. The third-order valence-electron chi connectivity index (χ3n) is 5.11. The summed E-state index contributed by atoms with van der Waals surface area (Å²) in [7, 11) is 0. The summed E-state index contributed by atoms with van der Waals surface area (Å²) in [5.41, 5.74) is -0.877. The van der Waals surface area contributed by atoms with E-state index in [1.165, 1.54) is 17.8 Å². The number of hydrogen-bond acceptors (Lipinski definition) is 10. The Balaban J connectivity index is 1.59. The Hall–Kier alpha value is -3.16. The van der Waals surface area contributed by atoms with E-state index in [1.54, 1.807) is 24.3 Å². The van der Waals surface area contributed by atoms with Gasteiger partial charge in [0.15, 0.2) is 23.2 Å². The number of aliphatic hydroxyl groups is 3. The first kappa shape index (κ1) is 21.1. The Morgan fingerprint density at radius 1 is 1.29 bits per heavy atom. The Labute approximate surface area is 175 Å². The van der Waals surface area contributed by atoms with E-state index in [4.69, 9.17) is 9.47 Å². The van der Waals surface area contributed by atoms with Gasteiger partial charge >= 0.3 is 6.09 Å². The van der Waals surface area contributed by atoms with Gasteiger partial charge in [-0.25, -0.2) is 19.7 Å². The molecular formula is C19H21N5O7. The minimum absolute atomic E-state index is 0.0306. The van der Waals surface area contributed by atoms with Crippen molar-refractivity contribution in [3.8, 4) is 0 Å². The number of anilines is 1. The van der Waals surface area contributed by atoms with E-state index in [1.807, 2.05) is 6.07 Å². The summed E-state index contributed by atoms with van der Waals surface area (Å²) in [4.78, 5) is 24.4. The van der Waals surface area contributed by atoms with Gasteiger partial charge in [0.25, 0.3) is 0 Å². The van der Waals surface area contributed by atoms with E-state index in [2.05, 4.69) is 15.0 Å². The molecule has 2 aromatic heterocycles. The van der Waals surface area contributed by atoms with Crippen LogP contribution in [0.25, 0.3) is 11.2 Å². The average molecular weight is 431 g/mol. The van der Waals surface area contributed by atoms with Gasteiger partial charge in [-0.3, -0.25) is 9.77 Å². The maximum absolute atomic E-state index is 12.3. The van der Waals surface area contributed by atoms with Gasteiger partial charge in [0.1, 0.15) is 30.7 Å². The van der Waals surface area contributed by atoms with Crippen LogP contribution in [0.15, 0.2) is 43.0 Å². The highest BCUT2D eigenvalue weighted by molar-refractivity contribution is 5.93. The van der Waals surface area contributed by atoms with Crippen molar-refractivity contribution in [1.82, 2.24) is 19.5 Å². The zero-order valence-corrected chi connectivity index (χ0v) is 16.4. The first-order valence-corrected chi connectivity index (χ1v) is 9.38. The Morgan fingerprint density at radius 2 is 2.03 bits per heavy atom. The molecule has 0 aliphatic carbocycles. The number of hydrogen-bond donors (Lipinski definition) is 4. The molecule has 1 aromatic carbocycles. The summed E-state index contributed by atoms with van der Waals surface area (Å²) in [6.45, 7) is 0.794. The predicted octanol–water partition coefficient (Wildman–Crippen LogP) is 0.360. The molecule has 3 aromatic rings. The molecular weight excluding hydrogens is 410 g/mol. The second kappa shape index (κ2) is 8.17. The van der Waals surface area contributed by atoms with Crippen molar-refractivity contribution in [3.05, 3.63) is 48.5 Å². The smallest absolute Gasteiger partial charge is 0.440 e. The molecule has 0 saturated carbocycles. The normalized spacial score (nSPS) is 25.6. The predicted molar refractivity (Wildman–Crippen MR) is 104 cm³/mol. The van der Waals surface area contributed by atoms with Crippen molar-refractivity contribution in [2.45, 2.75) is 37.6 Å². The first-order chi connectivity index (χ1) is 14.8. The van der Waals surface area contributed by atoms with Crippen LogP contribution < -0.4 is 5.06 Å². The number of carbonyl (C=O) groups is 1. The van der Waals surface area contributed by atoms with Crippen molar-refractivity contribution < 1.29 is 34.8 Å². The van der Waals surface area contributed by atoms with Gasteiger partial charge < -0.3 is 24.8 Å². The second-order valence-electron chi connectivity index (χ2n) is 7.25. The van der Waals surface area contributed by atoms with Crippen molar-refractivity contribution in [1.29, 1.82) is 0 Å². The van der Waals surface area contributed by atoms with Gasteiger partial charge in [0.2, 0.25) is 0 Å². The molecule has 4 atom stereocenters. The number of amides is 1. The van der Waals surface area contributed by atoms with Crippen LogP contribution >= 0.6 is 0 Å². The Bertz CT molecular complexity index is 1070. The van der Waals surface area contributed by atoms with Crippen LogP contribution in [0.2, 0.25) is 0 Å². The fourth-order valence-corrected chi connectivity index (χ4v) is 3.42. The summed E-state index contributed by atoms with van der Waals surface area (Å²) >= 11 is 0. The number of nitrogens with zero attached hydrogens (tertiary/aromatic N) is 5. The number of hydroxylamine groups is 1. The van der Waals surface area contributed by atoms with Crippen molar-refractivity contribution in [3.63, 3.8) is 0 Å². The fraction of sp³-hybridized carbons (Fsp3) is 0.368. The second-order valence-corrected chi connectivity index (χ2v) is 7.25. The minimum Gasteiger partial charge on any atom is -0.443 e. The van der Waals surface area contributed by atoms with Gasteiger partial charge in [-0.1, -0.05) is 30.3 Å². The number of rotatable bonds is 5. The minimum atomic E-state index is -1.76. The molecule has 164 valence electrons. The number of aliphatic hydroxyl groups excluding tert-OH is 2. The van der Waals surface area contributed by atoms with Crippen molar-refractivity contribution in [2.24, 2.45) is 0 Å². The molecule has 1 saturated heterocycles. The molecule has 4 unspecified atom stereocenters. The van der Waals surface area contributed by atoms with Crippen LogP contribution in [-0.4, -0.2) is 70.6 Å². The van der Waals surface area contributed by atoms with E-state index in [0.717, 1.165) is 11.9 Å². The van der Waals surface area contributed by atoms with E-state index in [0.29, 0.717) is 0 Å². The first-order valence-electron chi connectivity index (χ1n) is 9.38. The van der Waals surface area contributed by atoms with Crippen LogP contribution in [0, 0.1) is 0 Å². The average Bonchev–Trinajstić information content (AvgIpc) is 3.30. The van der Waals surface area contributed by atoms with E-state index in [9.17, 15) is 25.3 Å². The molecule has 1 amide bonds. The lowest BCUT2D eigenvalue weighted by molar-refractivity contribution is -0.0950. The third kappa shape index (κ3) is 3.71. The Morgan fingerprint density at radius 3 is 2.71 bits per heavy atom. The molecule has 0 bridgehead atoms. The SMILES string of the molecule is CC1(O)C(O)C(CO)OC1n1cnc2c(N(O)C(=O)OCc3ccccc3)ncnc21. The molecule has 0 spiro atoms. The van der Waals surface area contributed by atoms with E-state index in [-0.39, 0.29) is 28.7 Å².